The van der Waals surface area contributed by atoms with Crippen molar-refractivity contribution in [2.45, 2.75) is 146 Å². The fourth-order valence-corrected chi connectivity index (χ4v) is 10.3. The van der Waals surface area contributed by atoms with Gasteiger partial charge < -0.3 is 43.4 Å². The van der Waals surface area contributed by atoms with E-state index in [1.54, 1.807) is 7.11 Å². The molecule has 5 heterocycles. The molecule has 10 heteroatoms. The van der Waals surface area contributed by atoms with Crippen molar-refractivity contribution in [3.05, 3.63) is 0 Å². The van der Waals surface area contributed by atoms with E-state index < -0.39 is 0 Å². The molecule has 0 N–H and O–H groups in total. The number of methoxy groups -OCH3 is 1. The highest BCUT2D eigenvalue weighted by Gasteiger charge is 2.39. The van der Waals surface area contributed by atoms with Crippen LogP contribution in [0.1, 0.15) is 103 Å². The van der Waals surface area contributed by atoms with E-state index in [-0.39, 0.29) is 18.3 Å². The number of carbonyl (C=O) groups excluding carboxylic acids is 1. The van der Waals surface area contributed by atoms with E-state index in [2.05, 4.69) is 33.6 Å². The molecule has 292 valence electrons. The molecule has 0 aromatic heterocycles. The lowest BCUT2D eigenvalue weighted by Crippen LogP contribution is -2.52. The van der Waals surface area contributed by atoms with Gasteiger partial charge in [-0.15, -0.1) is 0 Å². The third kappa shape index (κ3) is 10.8. The van der Waals surface area contributed by atoms with Gasteiger partial charge in [0.1, 0.15) is 6.10 Å². The van der Waals surface area contributed by atoms with Crippen molar-refractivity contribution in [1.82, 2.24) is 24.5 Å². The lowest BCUT2D eigenvalue weighted by Gasteiger charge is -2.47. The first-order chi connectivity index (χ1) is 24.9. The summed E-state index contributed by atoms with van der Waals surface area (Å²) in [7, 11) is 4.04. The smallest absolute Gasteiger partial charge is 0.410 e. The predicted octanol–water partition coefficient (Wildman–Crippen LogP) is 5.34. The maximum absolute atomic E-state index is 12.9. The molecule has 7 aliphatic rings. The van der Waals surface area contributed by atoms with Crippen molar-refractivity contribution < 1.29 is 23.7 Å². The first-order valence-corrected chi connectivity index (χ1v) is 21.5. The number of rotatable bonds is 13. The zero-order valence-corrected chi connectivity index (χ0v) is 32.6. The minimum atomic E-state index is -0.117. The first kappa shape index (κ1) is 38.3. The number of hydrogen-bond acceptors (Lipinski definition) is 9. The number of amides is 1. The first-order valence-electron chi connectivity index (χ1n) is 21.5. The summed E-state index contributed by atoms with van der Waals surface area (Å²) in [6, 6.07) is 0.758. The van der Waals surface area contributed by atoms with E-state index in [0.717, 1.165) is 88.5 Å². The topological polar surface area (TPSA) is 70.2 Å². The second-order valence-corrected chi connectivity index (χ2v) is 18.0. The van der Waals surface area contributed by atoms with Crippen LogP contribution in [0.25, 0.3) is 0 Å². The van der Waals surface area contributed by atoms with Crippen molar-refractivity contribution >= 4 is 6.09 Å². The summed E-state index contributed by atoms with van der Waals surface area (Å²) in [4.78, 5) is 25.4. The molecule has 5 saturated heterocycles. The van der Waals surface area contributed by atoms with Gasteiger partial charge >= 0.3 is 6.09 Å². The maximum Gasteiger partial charge on any atom is 0.410 e. The molecule has 1 atom stereocenters. The van der Waals surface area contributed by atoms with Crippen molar-refractivity contribution in [3.63, 3.8) is 0 Å². The van der Waals surface area contributed by atoms with Gasteiger partial charge in [-0.3, -0.25) is 0 Å². The van der Waals surface area contributed by atoms with E-state index in [0.29, 0.717) is 24.4 Å². The lowest BCUT2D eigenvalue weighted by atomic mass is 9.80. The van der Waals surface area contributed by atoms with Crippen LogP contribution in [0, 0.1) is 17.8 Å². The largest absolute Gasteiger partial charge is 0.446 e. The lowest BCUT2D eigenvalue weighted by molar-refractivity contribution is -0.125. The van der Waals surface area contributed by atoms with Gasteiger partial charge in [0.25, 0.3) is 0 Å². The highest BCUT2D eigenvalue weighted by Crippen LogP contribution is 2.36. The molecule has 0 aromatic rings. The van der Waals surface area contributed by atoms with E-state index in [4.69, 9.17) is 18.9 Å². The Morgan fingerprint density at radius 3 is 1.82 bits per heavy atom. The summed E-state index contributed by atoms with van der Waals surface area (Å²) in [6.07, 6.45) is 19.4. The van der Waals surface area contributed by atoms with Crippen LogP contribution in [0.2, 0.25) is 0 Å². The SMILES string of the molecule is COC1CC(OC2CCN(C(=O)OC3CCN(CCC(C)C4CCN(C5CC(OC6CCN(CC7CCN(C)CC7)CC6)C5)CC4)CC3)CC2)C1. The summed E-state index contributed by atoms with van der Waals surface area (Å²) in [5.41, 5.74) is 0. The summed E-state index contributed by atoms with van der Waals surface area (Å²) in [5.74, 6) is 2.55. The molecular weight excluding hydrogens is 642 g/mol. The summed E-state index contributed by atoms with van der Waals surface area (Å²) in [6.45, 7) is 16.2. The molecule has 2 aliphatic carbocycles. The van der Waals surface area contributed by atoms with Gasteiger partial charge in [-0.2, -0.15) is 0 Å². The van der Waals surface area contributed by atoms with Crippen LogP contribution >= 0.6 is 0 Å². The van der Waals surface area contributed by atoms with Crippen LogP contribution in [-0.2, 0) is 18.9 Å². The quantitative estimate of drug-likeness (QED) is 0.252. The highest BCUT2D eigenvalue weighted by molar-refractivity contribution is 5.68. The molecule has 51 heavy (non-hydrogen) atoms. The molecule has 0 bridgehead atoms. The maximum atomic E-state index is 12.9. The molecule has 0 aromatic carbocycles. The molecule has 5 aliphatic heterocycles. The Kier molecular flexibility index (Phi) is 13.9. The van der Waals surface area contributed by atoms with Gasteiger partial charge in [0.05, 0.1) is 30.5 Å². The zero-order chi connectivity index (χ0) is 35.2. The van der Waals surface area contributed by atoms with Crippen LogP contribution in [-0.4, -0.2) is 166 Å². The second kappa shape index (κ2) is 18.5. The van der Waals surface area contributed by atoms with Crippen LogP contribution in [0.4, 0.5) is 4.79 Å². The molecule has 2 saturated carbocycles. The normalized spacial score (nSPS) is 33.2. The molecule has 10 nitrogen and oxygen atoms in total. The van der Waals surface area contributed by atoms with Gasteiger partial charge in [-0.1, -0.05) is 6.92 Å². The van der Waals surface area contributed by atoms with Gasteiger partial charge in [-0.25, -0.2) is 4.79 Å². The van der Waals surface area contributed by atoms with Crippen molar-refractivity contribution in [3.8, 4) is 0 Å². The van der Waals surface area contributed by atoms with Gasteiger partial charge in [-0.05, 0) is 154 Å². The molecule has 1 amide bonds. The Morgan fingerprint density at radius 1 is 0.627 bits per heavy atom. The summed E-state index contributed by atoms with van der Waals surface area (Å²) < 4.78 is 24.2. The number of hydrogen-bond donors (Lipinski definition) is 0. The van der Waals surface area contributed by atoms with E-state index in [1.165, 1.54) is 110 Å². The fraction of sp³-hybridized carbons (Fsp3) is 0.976. The van der Waals surface area contributed by atoms with Gasteiger partial charge in [0.15, 0.2) is 0 Å². The number of carbonyl (C=O) groups is 1. The molecule has 7 rings (SSSR count). The number of nitrogens with zero attached hydrogens (tertiary/aromatic N) is 5. The number of likely N-dealkylation sites (tertiary alicyclic amines) is 5. The Balaban J connectivity index is 0.695. The van der Waals surface area contributed by atoms with Crippen molar-refractivity contribution in [2.24, 2.45) is 17.8 Å². The molecule has 1 unspecified atom stereocenters. The molecule has 0 spiro atoms. The third-order valence-electron chi connectivity index (χ3n) is 14.4. The average Bonchev–Trinajstić information content (AvgIpc) is 3.12. The molecule has 0 radical (unpaired) electrons. The zero-order valence-electron chi connectivity index (χ0n) is 32.6. The Bertz CT molecular complexity index is 1030. The summed E-state index contributed by atoms with van der Waals surface area (Å²) in [5, 5.41) is 0. The van der Waals surface area contributed by atoms with Crippen LogP contribution < -0.4 is 0 Å². The van der Waals surface area contributed by atoms with E-state index >= 15 is 0 Å². The predicted molar refractivity (Wildman–Crippen MR) is 201 cm³/mol. The van der Waals surface area contributed by atoms with Crippen LogP contribution in [0.5, 0.6) is 0 Å². The molecular formula is C41H73N5O5. The summed E-state index contributed by atoms with van der Waals surface area (Å²) >= 11 is 0. The third-order valence-corrected chi connectivity index (χ3v) is 14.4. The van der Waals surface area contributed by atoms with E-state index in [1.807, 2.05) is 4.90 Å². The second-order valence-electron chi connectivity index (χ2n) is 18.0. The van der Waals surface area contributed by atoms with Gasteiger partial charge in [0.2, 0.25) is 0 Å². The Morgan fingerprint density at radius 2 is 1.20 bits per heavy atom. The standard InChI is InChI=1S/C41H73N5O5/c1-31(4-17-43-18-9-37(10-19-43)51-41(47)46-24-13-36(14-25-46)50-40-28-38(29-40)48-3)33-7-22-45(23-8-33)34-26-39(27-34)49-35-11-20-44(21-12-35)30-32-5-15-42(2)16-6-32/h31-40H,4-30H2,1-3H3. The highest BCUT2D eigenvalue weighted by atomic mass is 16.6. The Hall–Kier alpha value is -1.01. The van der Waals surface area contributed by atoms with Crippen molar-refractivity contribution in [2.75, 3.05) is 92.7 Å². The Labute approximate surface area is 310 Å². The fourth-order valence-electron chi connectivity index (χ4n) is 10.3. The number of ether oxygens (including phenoxy) is 4. The van der Waals surface area contributed by atoms with E-state index in [9.17, 15) is 4.79 Å². The monoisotopic (exact) mass is 716 g/mol. The number of piperidine rings is 5. The minimum Gasteiger partial charge on any atom is -0.446 e. The minimum absolute atomic E-state index is 0.0637. The van der Waals surface area contributed by atoms with Crippen molar-refractivity contribution in [1.29, 1.82) is 0 Å². The average molecular weight is 716 g/mol. The molecule has 7 fully saturated rings. The van der Waals surface area contributed by atoms with Crippen LogP contribution in [0.3, 0.4) is 0 Å². The van der Waals surface area contributed by atoms with Gasteiger partial charge in [0, 0.05) is 59.0 Å². The van der Waals surface area contributed by atoms with Crippen LogP contribution in [0.15, 0.2) is 0 Å².